The maximum absolute atomic E-state index is 13.4. The standard InChI is InChI=1S/C13H14F2N2O/c1-9(6-7-16)17(2)13(18)8-10-11(14)4-3-5-12(10)15/h3-5,9H,6,8H2,1-2H3. The second-order valence-electron chi connectivity index (χ2n) is 4.09. The van der Waals surface area contributed by atoms with Crippen LogP contribution < -0.4 is 0 Å². The summed E-state index contributed by atoms with van der Waals surface area (Å²) in [5, 5.41) is 8.54. The molecule has 1 aromatic rings. The van der Waals surface area contributed by atoms with Gasteiger partial charge in [0, 0.05) is 18.7 Å². The van der Waals surface area contributed by atoms with Crippen LogP contribution in [0.5, 0.6) is 0 Å². The predicted octanol–water partition coefficient (Wildman–Crippen LogP) is 2.27. The molecular weight excluding hydrogens is 238 g/mol. The fraction of sp³-hybridized carbons (Fsp3) is 0.385. The molecule has 0 saturated carbocycles. The van der Waals surface area contributed by atoms with Crippen molar-refractivity contribution in [2.45, 2.75) is 25.8 Å². The lowest BCUT2D eigenvalue weighted by Crippen LogP contribution is -2.36. The molecule has 0 aliphatic rings. The summed E-state index contributed by atoms with van der Waals surface area (Å²) in [6, 6.07) is 5.15. The fourth-order valence-corrected chi connectivity index (χ4v) is 1.49. The molecule has 0 bridgehead atoms. The van der Waals surface area contributed by atoms with E-state index in [1.54, 1.807) is 6.92 Å². The second kappa shape index (κ2) is 6.10. The van der Waals surface area contributed by atoms with Crippen molar-refractivity contribution in [2.24, 2.45) is 0 Å². The Morgan fingerprint density at radius 2 is 2.00 bits per heavy atom. The van der Waals surface area contributed by atoms with Crippen LogP contribution in [-0.4, -0.2) is 23.9 Å². The molecule has 1 atom stereocenters. The Bertz CT molecular complexity index is 462. The van der Waals surface area contributed by atoms with Crippen molar-refractivity contribution in [2.75, 3.05) is 7.05 Å². The summed E-state index contributed by atoms with van der Waals surface area (Å²) >= 11 is 0. The van der Waals surface area contributed by atoms with Crippen molar-refractivity contribution >= 4 is 5.91 Å². The molecule has 1 amide bonds. The topological polar surface area (TPSA) is 44.1 Å². The van der Waals surface area contributed by atoms with Gasteiger partial charge in [0.1, 0.15) is 11.6 Å². The molecule has 3 nitrogen and oxygen atoms in total. The Morgan fingerprint density at radius 1 is 1.44 bits per heavy atom. The first-order valence-electron chi connectivity index (χ1n) is 5.52. The van der Waals surface area contributed by atoms with E-state index < -0.39 is 17.5 Å². The molecule has 0 saturated heterocycles. The first kappa shape index (κ1) is 14.1. The number of amides is 1. The van der Waals surface area contributed by atoms with Gasteiger partial charge < -0.3 is 4.90 Å². The van der Waals surface area contributed by atoms with E-state index in [4.69, 9.17) is 5.26 Å². The summed E-state index contributed by atoms with van der Waals surface area (Å²) in [6.07, 6.45) is -0.160. The third-order valence-corrected chi connectivity index (χ3v) is 2.83. The number of nitrogens with zero attached hydrogens (tertiary/aromatic N) is 2. The zero-order valence-electron chi connectivity index (χ0n) is 10.3. The van der Waals surface area contributed by atoms with E-state index in [-0.39, 0.29) is 24.4 Å². The van der Waals surface area contributed by atoms with Crippen LogP contribution in [0.25, 0.3) is 0 Å². The lowest BCUT2D eigenvalue weighted by molar-refractivity contribution is -0.130. The highest BCUT2D eigenvalue weighted by molar-refractivity contribution is 5.78. The van der Waals surface area contributed by atoms with Gasteiger partial charge in [-0.05, 0) is 19.1 Å². The third kappa shape index (κ3) is 3.27. The molecule has 0 aliphatic heterocycles. The van der Waals surface area contributed by atoms with E-state index in [9.17, 15) is 13.6 Å². The van der Waals surface area contributed by atoms with Crippen molar-refractivity contribution in [3.8, 4) is 6.07 Å². The molecule has 1 rings (SSSR count). The van der Waals surface area contributed by atoms with Crippen LogP contribution in [0, 0.1) is 23.0 Å². The Balaban J connectivity index is 2.79. The minimum Gasteiger partial charge on any atom is -0.342 e. The van der Waals surface area contributed by atoms with E-state index in [1.165, 1.54) is 18.0 Å². The minimum absolute atomic E-state index is 0.183. The molecule has 0 aromatic heterocycles. The minimum atomic E-state index is -0.732. The van der Waals surface area contributed by atoms with E-state index >= 15 is 0 Å². The van der Waals surface area contributed by atoms with E-state index in [1.807, 2.05) is 6.07 Å². The predicted molar refractivity (Wildman–Crippen MR) is 62.5 cm³/mol. The molecule has 0 radical (unpaired) electrons. The number of rotatable bonds is 4. The van der Waals surface area contributed by atoms with Gasteiger partial charge >= 0.3 is 0 Å². The molecule has 0 aliphatic carbocycles. The lowest BCUT2D eigenvalue weighted by Gasteiger charge is -2.23. The number of halogens is 2. The van der Waals surface area contributed by atoms with Gasteiger partial charge in [-0.3, -0.25) is 4.79 Å². The Hall–Kier alpha value is -1.96. The first-order valence-corrected chi connectivity index (χ1v) is 5.52. The summed E-state index contributed by atoms with van der Waals surface area (Å²) in [7, 11) is 1.52. The highest BCUT2D eigenvalue weighted by Gasteiger charge is 2.19. The molecule has 0 fully saturated rings. The van der Waals surface area contributed by atoms with Crippen molar-refractivity contribution in [1.29, 1.82) is 5.26 Å². The second-order valence-corrected chi connectivity index (χ2v) is 4.09. The van der Waals surface area contributed by atoms with Crippen molar-refractivity contribution in [3.63, 3.8) is 0 Å². The Morgan fingerprint density at radius 3 is 2.50 bits per heavy atom. The summed E-state index contributed by atoms with van der Waals surface area (Å²) in [5.41, 5.74) is -0.237. The normalized spacial score (nSPS) is 11.7. The highest BCUT2D eigenvalue weighted by atomic mass is 19.1. The van der Waals surface area contributed by atoms with Crippen LogP contribution in [0.4, 0.5) is 8.78 Å². The SMILES string of the molecule is CC(CC#N)N(C)C(=O)Cc1c(F)cccc1F. The van der Waals surface area contributed by atoms with Gasteiger partial charge in [0.25, 0.3) is 0 Å². The van der Waals surface area contributed by atoms with Crippen LogP contribution >= 0.6 is 0 Å². The van der Waals surface area contributed by atoms with Crippen molar-refractivity contribution in [1.82, 2.24) is 4.90 Å². The van der Waals surface area contributed by atoms with Crippen LogP contribution in [0.3, 0.4) is 0 Å². The van der Waals surface area contributed by atoms with E-state index in [2.05, 4.69) is 0 Å². The summed E-state index contributed by atoms with van der Waals surface area (Å²) in [5.74, 6) is -1.88. The lowest BCUT2D eigenvalue weighted by atomic mass is 10.1. The number of hydrogen-bond acceptors (Lipinski definition) is 2. The smallest absolute Gasteiger partial charge is 0.227 e. The van der Waals surface area contributed by atoms with Crippen molar-refractivity contribution < 1.29 is 13.6 Å². The third-order valence-electron chi connectivity index (χ3n) is 2.83. The van der Waals surface area contributed by atoms with Gasteiger partial charge in [0.15, 0.2) is 0 Å². The number of carbonyl (C=O) groups is 1. The molecule has 0 spiro atoms. The van der Waals surface area contributed by atoms with Gasteiger partial charge in [0.05, 0.1) is 18.9 Å². The largest absolute Gasteiger partial charge is 0.342 e. The molecular formula is C13H14F2N2O. The molecule has 1 aromatic carbocycles. The summed E-state index contributed by atoms with van der Waals surface area (Å²) in [4.78, 5) is 13.1. The van der Waals surface area contributed by atoms with Crippen molar-refractivity contribution in [3.05, 3.63) is 35.4 Å². The number of benzene rings is 1. The summed E-state index contributed by atoms with van der Waals surface area (Å²) in [6.45, 7) is 1.71. The quantitative estimate of drug-likeness (QED) is 0.825. The zero-order valence-corrected chi connectivity index (χ0v) is 10.3. The Labute approximate surface area is 105 Å². The molecule has 0 N–H and O–H groups in total. The van der Waals surface area contributed by atoms with Gasteiger partial charge in [-0.2, -0.15) is 5.26 Å². The molecule has 96 valence electrons. The average molecular weight is 252 g/mol. The van der Waals surface area contributed by atoms with Crippen LogP contribution in [0.15, 0.2) is 18.2 Å². The van der Waals surface area contributed by atoms with E-state index in [0.717, 1.165) is 12.1 Å². The Kier molecular flexibility index (Phi) is 4.78. The number of hydrogen-bond donors (Lipinski definition) is 0. The van der Waals surface area contributed by atoms with Gasteiger partial charge in [-0.1, -0.05) is 6.07 Å². The molecule has 5 heteroatoms. The number of likely N-dealkylation sites (N-methyl/N-ethyl adjacent to an activating group) is 1. The highest BCUT2D eigenvalue weighted by Crippen LogP contribution is 2.14. The number of carbonyl (C=O) groups excluding carboxylic acids is 1. The van der Waals surface area contributed by atoms with Crippen LogP contribution in [-0.2, 0) is 11.2 Å². The summed E-state index contributed by atoms with van der Waals surface area (Å²) < 4.78 is 26.7. The maximum atomic E-state index is 13.4. The maximum Gasteiger partial charge on any atom is 0.227 e. The fourth-order valence-electron chi connectivity index (χ4n) is 1.49. The van der Waals surface area contributed by atoms with Gasteiger partial charge in [-0.25, -0.2) is 8.78 Å². The monoisotopic (exact) mass is 252 g/mol. The van der Waals surface area contributed by atoms with Gasteiger partial charge in [0.2, 0.25) is 5.91 Å². The first-order chi connectivity index (χ1) is 8.47. The number of nitriles is 1. The van der Waals surface area contributed by atoms with Crippen LogP contribution in [0.2, 0.25) is 0 Å². The average Bonchev–Trinajstić information content (AvgIpc) is 2.33. The molecule has 18 heavy (non-hydrogen) atoms. The molecule has 1 unspecified atom stereocenters. The van der Waals surface area contributed by atoms with E-state index in [0.29, 0.717) is 0 Å². The van der Waals surface area contributed by atoms with Crippen LogP contribution in [0.1, 0.15) is 18.9 Å². The molecule has 0 heterocycles. The van der Waals surface area contributed by atoms with Gasteiger partial charge in [-0.15, -0.1) is 0 Å². The zero-order chi connectivity index (χ0) is 13.7.